The Balaban J connectivity index is 0.00000220. The summed E-state index contributed by atoms with van der Waals surface area (Å²) in [5.74, 6) is -3.26. The molecule has 0 unspecified atom stereocenters. The Bertz CT molecular complexity index is 1590. The fraction of sp³-hybridized carbons (Fsp3) is 0.214. The van der Waals surface area contributed by atoms with E-state index >= 15 is 0 Å². The zero-order valence-corrected chi connectivity index (χ0v) is 23.2. The van der Waals surface area contributed by atoms with Gasteiger partial charge in [-0.3, -0.25) is 9.59 Å². The highest BCUT2D eigenvalue weighted by molar-refractivity contribution is 6.06. The van der Waals surface area contributed by atoms with Crippen LogP contribution in [0.2, 0.25) is 0 Å². The SMILES string of the molecule is CC(C)(N)C(=O)OCc1cc(F)c(F)cc1-c1ccc2nc(N)nc(C(=O)N3Cc4ccccc4C3)c2c1.Cl.Cl. The zero-order chi connectivity index (χ0) is 27.2. The lowest BCUT2D eigenvalue weighted by Crippen LogP contribution is -2.42. The molecule has 5 rings (SSSR count). The third-order valence-corrected chi connectivity index (χ3v) is 6.39. The molecule has 2 heterocycles. The number of carbonyl (C=O) groups is 2. The molecule has 0 fully saturated rings. The number of rotatable bonds is 5. The predicted molar refractivity (Wildman–Crippen MR) is 152 cm³/mol. The second-order valence-corrected chi connectivity index (χ2v) is 9.81. The van der Waals surface area contributed by atoms with Crippen molar-refractivity contribution in [2.75, 3.05) is 5.73 Å². The minimum absolute atomic E-state index is 0. The van der Waals surface area contributed by atoms with Crippen LogP contribution < -0.4 is 11.5 Å². The Morgan fingerprint density at radius 2 is 1.60 bits per heavy atom. The highest BCUT2D eigenvalue weighted by Crippen LogP contribution is 2.32. The van der Waals surface area contributed by atoms with E-state index < -0.39 is 23.1 Å². The first-order valence-corrected chi connectivity index (χ1v) is 11.9. The summed E-state index contributed by atoms with van der Waals surface area (Å²) in [6.07, 6.45) is 0. The van der Waals surface area contributed by atoms with Crippen LogP contribution in [0.15, 0.2) is 54.6 Å². The molecule has 0 radical (unpaired) electrons. The summed E-state index contributed by atoms with van der Waals surface area (Å²) in [5.41, 5.74) is 14.0. The van der Waals surface area contributed by atoms with Gasteiger partial charge in [-0.1, -0.05) is 30.3 Å². The number of benzene rings is 3. The minimum atomic E-state index is -1.26. The van der Waals surface area contributed by atoms with Crippen LogP contribution in [0.1, 0.15) is 41.0 Å². The van der Waals surface area contributed by atoms with E-state index in [1.54, 1.807) is 23.1 Å². The molecule has 4 N–H and O–H groups in total. The maximum absolute atomic E-state index is 14.3. The van der Waals surface area contributed by atoms with Crippen LogP contribution in [0.4, 0.5) is 14.7 Å². The van der Waals surface area contributed by atoms with E-state index in [9.17, 15) is 18.4 Å². The fourth-order valence-corrected chi connectivity index (χ4v) is 4.41. The molecule has 3 aromatic carbocycles. The number of nitrogens with zero attached hydrogens (tertiary/aromatic N) is 3. The van der Waals surface area contributed by atoms with Crippen molar-refractivity contribution < 1.29 is 23.1 Å². The summed E-state index contributed by atoms with van der Waals surface area (Å²) in [7, 11) is 0. The number of halogens is 4. The molecular weight excluding hydrogens is 563 g/mol. The average molecular weight is 590 g/mol. The molecule has 1 aliphatic rings. The van der Waals surface area contributed by atoms with E-state index in [1.165, 1.54) is 13.8 Å². The molecule has 8 nitrogen and oxygen atoms in total. The van der Waals surface area contributed by atoms with Crippen LogP contribution in [-0.2, 0) is 29.2 Å². The third-order valence-electron chi connectivity index (χ3n) is 6.39. The van der Waals surface area contributed by atoms with Crippen molar-refractivity contribution >= 4 is 53.5 Å². The molecule has 1 amide bonds. The molecule has 4 aromatic rings. The number of esters is 1. The van der Waals surface area contributed by atoms with Crippen LogP contribution in [0.5, 0.6) is 0 Å². The van der Waals surface area contributed by atoms with Crippen molar-refractivity contribution in [3.8, 4) is 11.1 Å². The van der Waals surface area contributed by atoms with E-state index in [1.807, 2.05) is 24.3 Å². The third kappa shape index (κ3) is 5.99. The Morgan fingerprint density at radius 3 is 2.23 bits per heavy atom. The summed E-state index contributed by atoms with van der Waals surface area (Å²) in [5, 5.41) is 0.397. The molecule has 0 bridgehead atoms. The zero-order valence-electron chi connectivity index (χ0n) is 21.6. The van der Waals surface area contributed by atoms with Crippen LogP contribution in [0.25, 0.3) is 22.0 Å². The lowest BCUT2D eigenvalue weighted by molar-refractivity contribution is -0.150. The number of nitrogen functional groups attached to an aromatic ring is 1. The van der Waals surface area contributed by atoms with Gasteiger partial charge in [0.1, 0.15) is 17.8 Å². The maximum atomic E-state index is 14.3. The van der Waals surface area contributed by atoms with E-state index in [0.29, 0.717) is 29.6 Å². The Kier molecular flexibility index (Phi) is 8.98. The smallest absolute Gasteiger partial charge is 0.325 e. The van der Waals surface area contributed by atoms with Crippen LogP contribution in [0.3, 0.4) is 0 Å². The number of fused-ring (bicyclic) bond motifs is 2. The average Bonchev–Trinajstić information content (AvgIpc) is 3.31. The van der Waals surface area contributed by atoms with Crippen molar-refractivity contribution in [3.63, 3.8) is 0 Å². The quantitative estimate of drug-likeness (QED) is 0.316. The number of aromatic nitrogens is 2. The number of ether oxygens (including phenoxy) is 1. The molecule has 0 saturated heterocycles. The van der Waals surface area contributed by atoms with Gasteiger partial charge in [-0.2, -0.15) is 0 Å². The van der Waals surface area contributed by atoms with Gasteiger partial charge >= 0.3 is 5.97 Å². The molecule has 0 saturated carbocycles. The lowest BCUT2D eigenvalue weighted by Gasteiger charge is -2.18. The van der Waals surface area contributed by atoms with Crippen molar-refractivity contribution in [1.82, 2.24) is 14.9 Å². The normalized spacial score (nSPS) is 12.4. The molecule has 40 heavy (non-hydrogen) atoms. The van der Waals surface area contributed by atoms with Gasteiger partial charge in [0.2, 0.25) is 5.95 Å². The number of hydrogen-bond acceptors (Lipinski definition) is 7. The predicted octanol–water partition coefficient (Wildman–Crippen LogP) is 4.94. The molecule has 1 aromatic heterocycles. The second-order valence-electron chi connectivity index (χ2n) is 9.81. The second kappa shape index (κ2) is 11.7. The van der Waals surface area contributed by atoms with Gasteiger partial charge in [0.05, 0.1) is 5.52 Å². The van der Waals surface area contributed by atoms with Gasteiger partial charge in [-0.05, 0) is 60.4 Å². The van der Waals surface area contributed by atoms with E-state index in [-0.39, 0.29) is 60.1 Å². The monoisotopic (exact) mass is 589 g/mol. The first-order valence-electron chi connectivity index (χ1n) is 11.9. The Hall–Kier alpha value is -3.86. The lowest BCUT2D eigenvalue weighted by atomic mass is 9.97. The van der Waals surface area contributed by atoms with Crippen molar-refractivity contribution in [1.29, 1.82) is 0 Å². The summed E-state index contributed by atoms with van der Waals surface area (Å²) in [4.78, 5) is 35.9. The summed E-state index contributed by atoms with van der Waals surface area (Å²) >= 11 is 0. The van der Waals surface area contributed by atoms with Crippen molar-refractivity contribution in [2.45, 2.75) is 39.1 Å². The van der Waals surface area contributed by atoms with Gasteiger partial charge in [-0.15, -0.1) is 24.8 Å². The molecule has 0 aliphatic carbocycles. The van der Waals surface area contributed by atoms with Crippen molar-refractivity contribution in [3.05, 3.63) is 88.6 Å². The number of amides is 1. The van der Waals surface area contributed by atoms with Crippen LogP contribution in [0, 0.1) is 11.6 Å². The Morgan fingerprint density at radius 1 is 0.975 bits per heavy atom. The topological polar surface area (TPSA) is 124 Å². The van der Waals surface area contributed by atoms with Gasteiger partial charge in [0.25, 0.3) is 5.91 Å². The summed E-state index contributed by atoms with van der Waals surface area (Å²) < 4.78 is 33.8. The molecular formula is C28H27Cl2F2N5O3. The van der Waals surface area contributed by atoms with Gasteiger partial charge < -0.3 is 21.1 Å². The van der Waals surface area contributed by atoms with Crippen LogP contribution in [-0.4, -0.2) is 32.3 Å². The molecule has 12 heteroatoms. The standard InChI is InChI=1S/C28H25F2N5O3.2ClH/c1-28(2,32)26(37)38-14-18-10-21(29)22(30)11-19(18)15-7-8-23-20(9-15)24(34-27(31)33-23)25(36)35-12-16-5-3-4-6-17(16)13-35;;/h3-11H,12-14,32H2,1-2H3,(H2,31,33,34);2*1H. The minimum Gasteiger partial charge on any atom is -0.459 e. The molecule has 210 valence electrons. The van der Waals surface area contributed by atoms with Gasteiger partial charge in [0, 0.05) is 24.0 Å². The largest absolute Gasteiger partial charge is 0.459 e. The van der Waals surface area contributed by atoms with E-state index in [4.69, 9.17) is 16.2 Å². The highest BCUT2D eigenvalue weighted by atomic mass is 35.5. The first-order chi connectivity index (χ1) is 18.0. The summed E-state index contributed by atoms with van der Waals surface area (Å²) in [6.45, 7) is 3.48. The number of carbonyl (C=O) groups excluding carboxylic acids is 2. The van der Waals surface area contributed by atoms with E-state index in [0.717, 1.165) is 23.3 Å². The molecule has 1 aliphatic heterocycles. The number of hydrogen-bond donors (Lipinski definition) is 2. The van der Waals surface area contributed by atoms with Gasteiger partial charge in [-0.25, -0.2) is 18.7 Å². The molecule has 0 atom stereocenters. The number of anilines is 1. The first kappa shape index (κ1) is 30.7. The van der Waals surface area contributed by atoms with Crippen molar-refractivity contribution in [2.24, 2.45) is 5.73 Å². The Labute approximate surface area is 241 Å². The summed E-state index contributed by atoms with van der Waals surface area (Å²) in [6, 6.07) is 14.6. The van der Waals surface area contributed by atoms with Gasteiger partial charge in [0.15, 0.2) is 11.6 Å². The van der Waals surface area contributed by atoms with Crippen LogP contribution >= 0.6 is 24.8 Å². The molecule has 0 spiro atoms. The maximum Gasteiger partial charge on any atom is 0.325 e. The van der Waals surface area contributed by atoms with E-state index in [2.05, 4.69) is 9.97 Å². The fourth-order valence-electron chi connectivity index (χ4n) is 4.41. The highest BCUT2D eigenvalue weighted by Gasteiger charge is 2.28. The number of nitrogens with two attached hydrogens (primary N) is 2.